The number of allylic oxidation sites excluding steroid dienone is 4. The maximum atomic E-state index is 13.2. The molecule has 0 fully saturated rings. The predicted molar refractivity (Wildman–Crippen MR) is 221 cm³/mol. The van der Waals surface area contributed by atoms with Crippen LogP contribution < -0.4 is 4.74 Å². The molecule has 0 radical (unpaired) electrons. The van der Waals surface area contributed by atoms with Gasteiger partial charge in [0.2, 0.25) is 0 Å². The lowest BCUT2D eigenvalue weighted by Gasteiger charge is -2.13. The fraction of sp³-hybridized carbons (Fsp3) is 0.625. The molecule has 0 atom stereocenters. The Kier molecular flexibility index (Phi) is 27.5. The summed E-state index contributed by atoms with van der Waals surface area (Å²) in [5, 5.41) is 0. The fourth-order valence-electron chi connectivity index (χ4n) is 6.67. The van der Waals surface area contributed by atoms with Gasteiger partial charge in [0.1, 0.15) is 11.5 Å². The Hall–Kier alpha value is -2.94. The summed E-state index contributed by atoms with van der Waals surface area (Å²) in [6.45, 7) is 4.54. The van der Waals surface area contributed by atoms with Crippen LogP contribution in [-0.2, 0) is 0 Å². The first kappa shape index (κ1) is 44.2. The molecule has 0 saturated heterocycles. The standard InChI is InChI=1S/C48H74O3/c1-3-5-7-9-11-13-15-17-19-21-23-25-27-29-31-39-45(49)43-37-33-35-41-47(43)51-48-42-36-34-38-44(48)46(50)40-32-30-28-26-24-22-20-18-16-14-12-10-8-6-4-2/h17-20,33-38,41-42H,3-16,21-32,39-40H2,1-2H3/b19-17-,20-18?. The third kappa shape index (κ3) is 22.6. The quantitative estimate of drug-likeness (QED) is 0.0415. The van der Waals surface area contributed by atoms with Gasteiger partial charge in [0, 0.05) is 12.8 Å². The SMILES string of the molecule is CCCCCCCCC=CCCCCCCCC(=O)c1ccccc1Oc1ccccc1C(=O)CCCCCCC/C=C\CCCCCCCC. The van der Waals surface area contributed by atoms with Crippen LogP contribution in [0.3, 0.4) is 0 Å². The van der Waals surface area contributed by atoms with E-state index in [1.165, 1.54) is 141 Å². The van der Waals surface area contributed by atoms with E-state index in [9.17, 15) is 9.59 Å². The number of Topliss-reactive ketones (excluding diaryl/α,β-unsaturated/α-hetero) is 2. The number of hydrogen-bond donors (Lipinski definition) is 0. The molecule has 3 nitrogen and oxygen atoms in total. The normalized spacial score (nSPS) is 11.6. The highest BCUT2D eigenvalue weighted by Gasteiger charge is 2.17. The lowest BCUT2D eigenvalue weighted by atomic mass is 10.0. The average molecular weight is 699 g/mol. The smallest absolute Gasteiger partial charge is 0.166 e. The Morgan fingerprint density at radius 3 is 1.06 bits per heavy atom. The zero-order chi connectivity index (χ0) is 36.5. The molecule has 0 spiro atoms. The van der Waals surface area contributed by atoms with Crippen molar-refractivity contribution in [2.24, 2.45) is 0 Å². The van der Waals surface area contributed by atoms with Crippen LogP contribution in [0.2, 0.25) is 0 Å². The summed E-state index contributed by atoms with van der Waals surface area (Å²) in [5.74, 6) is 1.30. The van der Waals surface area contributed by atoms with Gasteiger partial charge in [-0.1, -0.05) is 165 Å². The van der Waals surface area contributed by atoms with Gasteiger partial charge in [-0.2, -0.15) is 0 Å². The molecule has 0 aliphatic carbocycles. The Bertz CT molecular complexity index is 1110. The molecule has 51 heavy (non-hydrogen) atoms. The minimum Gasteiger partial charge on any atom is -0.456 e. The van der Waals surface area contributed by atoms with E-state index in [2.05, 4.69) is 38.2 Å². The lowest BCUT2D eigenvalue weighted by Crippen LogP contribution is -2.05. The van der Waals surface area contributed by atoms with E-state index in [4.69, 9.17) is 4.74 Å². The van der Waals surface area contributed by atoms with Crippen molar-refractivity contribution in [1.29, 1.82) is 0 Å². The number of ether oxygens (including phenoxy) is 1. The summed E-state index contributed by atoms with van der Waals surface area (Å²) >= 11 is 0. The Balaban J connectivity index is 1.63. The predicted octanol–water partition coefficient (Wildman–Crippen LogP) is 15.9. The zero-order valence-electron chi connectivity index (χ0n) is 33.0. The molecule has 0 aliphatic rings. The number of carbonyl (C=O) groups excluding carboxylic acids is 2. The number of ketones is 2. The van der Waals surface area contributed by atoms with Gasteiger partial charge in [-0.15, -0.1) is 0 Å². The highest BCUT2D eigenvalue weighted by molar-refractivity contribution is 6.00. The second-order valence-electron chi connectivity index (χ2n) is 14.6. The maximum Gasteiger partial charge on any atom is 0.166 e. The molecule has 0 bridgehead atoms. The van der Waals surface area contributed by atoms with Crippen LogP contribution in [0.5, 0.6) is 11.5 Å². The van der Waals surface area contributed by atoms with Gasteiger partial charge in [-0.05, 0) is 88.5 Å². The molecular formula is C48H74O3. The number of carbonyl (C=O) groups is 2. The van der Waals surface area contributed by atoms with Crippen molar-refractivity contribution in [1.82, 2.24) is 0 Å². The summed E-state index contributed by atoms with van der Waals surface area (Å²) in [6, 6.07) is 15.0. The van der Waals surface area contributed by atoms with Gasteiger partial charge in [0.05, 0.1) is 11.1 Å². The fourth-order valence-corrected chi connectivity index (χ4v) is 6.67. The summed E-state index contributed by atoms with van der Waals surface area (Å²) in [5.41, 5.74) is 1.21. The van der Waals surface area contributed by atoms with Crippen molar-refractivity contribution in [2.45, 2.75) is 194 Å². The van der Waals surface area contributed by atoms with E-state index in [-0.39, 0.29) is 11.6 Å². The molecule has 0 aromatic heterocycles. The van der Waals surface area contributed by atoms with Crippen molar-refractivity contribution in [3.8, 4) is 11.5 Å². The minimum absolute atomic E-state index is 0.111. The Morgan fingerprint density at radius 1 is 0.412 bits per heavy atom. The second-order valence-corrected chi connectivity index (χ2v) is 14.6. The van der Waals surface area contributed by atoms with Crippen LogP contribution in [0.4, 0.5) is 0 Å². The summed E-state index contributed by atoms with van der Waals surface area (Å²) < 4.78 is 6.29. The molecule has 3 heteroatoms. The summed E-state index contributed by atoms with van der Waals surface area (Å²) in [4.78, 5) is 26.4. The van der Waals surface area contributed by atoms with Crippen LogP contribution in [0.15, 0.2) is 72.8 Å². The minimum atomic E-state index is 0.111. The van der Waals surface area contributed by atoms with Gasteiger partial charge >= 0.3 is 0 Å². The zero-order valence-corrected chi connectivity index (χ0v) is 33.0. The van der Waals surface area contributed by atoms with Crippen LogP contribution in [0.1, 0.15) is 214 Å². The topological polar surface area (TPSA) is 43.4 Å². The average Bonchev–Trinajstić information content (AvgIpc) is 3.15. The van der Waals surface area contributed by atoms with E-state index < -0.39 is 0 Å². The van der Waals surface area contributed by atoms with Gasteiger partial charge < -0.3 is 4.74 Å². The lowest BCUT2D eigenvalue weighted by molar-refractivity contribution is 0.0972. The van der Waals surface area contributed by atoms with Crippen LogP contribution in [0, 0.1) is 0 Å². The molecule has 0 heterocycles. The highest BCUT2D eigenvalue weighted by atomic mass is 16.5. The van der Waals surface area contributed by atoms with E-state index in [0.717, 1.165) is 25.7 Å². The second kappa shape index (κ2) is 31.8. The number of benzene rings is 2. The summed E-state index contributed by atoms with van der Waals surface area (Å²) in [7, 11) is 0. The largest absolute Gasteiger partial charge is 0.456 e. The molecule has 0 amide bonds. The van der Waals surface area contributed by atoms with Crippen LogP contribution in [0.25, 0.3) is 0 Å². The van der Waals surface area contributed by atoms with Crippen LogP contribution >= 0.6 is 0 Å². The third-order valence-electron chi connectivity index (χ3n) is 9.93. The maximum absolute atomic E-state index is 13.2. The van der Waals surface area contributed by atoms with Gasteiger partial charge in [0.15, 0.2) is 11.6 Å². The van der Waals surface area contributed by atoms with E-state index in [0.29, 0.717) is 35.5 Å². The molecule has 2 aromatic rings. The van der Waals surface area contributed by atoms with Crippen molar-refractivity contribution < 1.29 is 14.3 Å². The van der Waals surface area contributed by atoms with Crippen molar-refractivity contribution in [2.75, 3.05) is 0 Å². The van der Waals surface area contributed by atoms with Crippen molar-refractivity contribution in [3.05, 3.63) is 84.0 Å². The monoisotopic (exact) mass is 699 g/mol. The van der Waals surface area contributed by atoms with Gasteiger partial charge in [-0.3, -0.25) is 9.59 Å². The Labute approximate surface area is 314 Å². The molecule has 0 N–H and O–H groups in total. The number of unbranched alkanes of at least 4 members (excludes halogenated alkanes) is 22. The van der Waals surface area contributed by atoms with Crippen molar-refractivity contribution in [3.63, 3.8) is 0 Å². The number of para-hydroxylation sites is 2. The van der Waals surface area contributed by atoms with E-state index >= 15 is 0 Å². The molecule has 284 valence electrons. The first-order valence-corrected chi connectivity index (χ1v) is 21.4. The Morgan fingerprint density at radius 2 is 0.706 bits per heavy atom. The summed E-state index contributed by atoms with van der Waals surface area (Å²) in [6.07, 6.45) is 42.8. The molecule has 0 unspecified atom stereocenters. The molecule has 0 aliphatic heterocycles. The van der Waals surface area contributed by atoms with Gasteiger partial charge in [0.25, 0.3) is 0 Å². The van der Waals surface area contributed by atoms with E-state index in [1.807, 2.05) is 48.5 Å². The van der Waals surface area contributed by atoms with E-state index in [1.54, 1.807) is 0 Å². The first-order valence-electron chi connectivity index (χ1n) is 21.4. The number of hydrogen-bond acceptors (Lipinski definition) is 3. The number of rotatable bonds is 34. The highest BCUT2D eigenvalue weighted by Crippen LogP contribution is 2.30. The van der Waals surface area contributed by atoms with Crippen LogP contribution in [-0.4, -0.2) is 11.6 Å². The van der Waals surface area contributed by atoms with Gasteiger partial charge in [-0.25, -0.2) is 0 Å². The first-order chi connectivity index (χ1) is 25.2. The third-order valence-corrected chi connectivity index (χ3v) is 9.93. The van der Waals surface area contributed by atoms with Crippen molar-refractivity contribution >= 4 is 11.6 Å². The molecule has 2 aromatic carbocycles. The molecular weight excluding hydrogens is 625 g/mol. The molecule has 0 saturated carbocycles. The molecule has 2 rings (SSSR count).